The Morgan fingerprint density at radius 3 is 2.48 bits per heavy atom. The summed E-state index contributed by atoms with van der Waals surface area (Å²) in [5.41, 5.74) is 5.24. The molecule has 0 fully saturated rings. The van der Waals surface area contributed by atoms with Crippen LogP contribution >= 0.6 is 15.9 Å². The quantitative estimate of drug-likeness (QED) is 0.620. The molecule has 3 aromatic rings. The van der Waals surface area contributed by atoms with Crippen LogP contribution in [0.15, 0.2) is 53.0 Å². The Kier molecular flexibility index (Phi) is 3.68. The zero-order chi connectivity index (χ0) is 16.8. The van der Waals surface area contributed by atoms with Crippen molar-refractivity contribution in [2.24, 2.45) is 0 Å². The zero-order valence-corrected chi connectivity index (χ0v) is 13.1. The first-order valence-electron chi connectivity index (χ1n) is 6.56. The van der Waals surface area contributed by atoms with Crippen LogP contribution in [-0.2, 0) is 6.18 Å². The topological polar surface area (TPSA) is 48.0 Å². The minimum Gasteiger partial charge on any atom is -0.399 e. The third-order valence-corrected chi connectivity index (χ3v) is 3.88. The molecule has 0 aliphatic rings. The second kappa shape index (κ2) is 5.42. The number of hydrogen-bond donors (Lipinski definition) is 1. The van der Waals surface area contributed by atoms with Crippen LogP contribution in [-0.4, -0.2) is 10.5 Å². The van der Waals surface area contributed by atoms with Crippen molar-refractivity contribution < 1.29 is 18.0 Å². The van der Waals surface area contributed by atoms with E-state index in [2.05, 4.69) is 15.9 Å². The minimum absolute atomic E-state index is 0.152. The third kappa shape index (κ3) is 2.84. The van der Waals surface area contributed by atoms with Gasteiger partial charge in [0.05, 0.1) is 5.52 Å². The molecule has 2 N–H and O–H groups in total. The zero-order valence-electron chi connectivity index (χ0n) is 11.6. The molecule has 23 heavy (non-hydrogen) atoms. The van der Waals surface area contributed by atoms with E-state index < -0.39 is 17.8 Å². The number of hydrogen-bond acceptors (Lipinski definition) is 2. The van der Waals surface area contributed by atoms with Crippen LogP contribution in [0.4, 0.5) is 18.9 Å². The smallest absolute Gasteiger partial charge is 0.399 e. The molecule has 0 bridgehead atoms. The van der Waals surface area contributed by atoms with Gasteiger partial charge in [-0.25, -0.2) is 0 Å². The molecular formula is C16H10BrF3N2O. The number of halogens is 4. The molecular weight excluding hydrogens is 373 g/mol. The molecule has 0 aliphatic carbocycles. The van der Waals surface area contributed by atoms with E-state index in [1.54, 1.807) is 12.1 Å². The molecule has 1 heterocycles. The van der Waals surface area contributed by atoms with Gasteiger partial charge in [-0.15, -0.1) is 0 Å². The number of benzene rings is 2. The maximum absolute atomic E-state index is 13.3. The van der Waals surface area contributed by atoms with Crippen molar-refractivity contribution >= 4 is 38.4 Å². The van der Waals surface area contributed by atoms with E-state index in [4.69, 9.17) is 5.73 Å². The molecule has 7 heteroatoms. The summed E-state index contributed by atoms with van der Waals surface area (Å²) in [6, 6.07) is 11.5. The highest BCUT2D eigenvalue weighted by Crippen LogP contribution is 2.35. The van der Waals surface area contributed by atoms with Crippen LogP contribution < -0.4 is 5.73 Å². The van der Waals surface area contributed by atoms with E-state index >= 15 is 0 Å². The predicted molar refractivity (Wildman–Crippen MR) is 85.2 cm³/mol. The SMILES string of the molecule is Nc1ccc2c(c1)cc(C(F)(F)F)n2C(=O)c1cccc(Br)c1. The first-order valence-corrected chi connectivity index (χ1v) is 7.35. The lowest BCUT2D eigenvalue weighted by molar-refractivity contribution is -0.142. The summed E-state index contributed by atoms with van der Waals surface area (Å²) in [5, 5.41) is 0.265. The Labute approximate surface area is 137 Å². The summed E-state index contributed by atoms with van der Waals surface area (Å²) in [4.78, 5) is 12.6. The summed E-state index contributed by atoms with van der Waals surface area (Å²) in [6.45, 7) is 0. The highest BCUT2D eigenvalue weighted by molar-refractivity contribution is 9.10. The maximum atomic E-state index is 13.3. The monoisotopic (exact) mass is 382 g/mol. The van der Waals surface area contributed by atoms with E-state index in [-0.39, 0.29) is 16.5 Å². The van der Waals surface area contributed by atoms with Gasteiger partial charge in [0, 0.05) is 21.1 Å². The molecule has 0 saturated carbocycles. The normalized spacial score (nSPS) is 11.8. The molecule has 1 aromatic heterocycles. The number of carbonyl (C=O) groups is 1. The molecule has 0 saturated heterocycles. The van der Waals surface area contributed by atoms with Gasteiger partial charge in [0.25, 0.3) is 5.91 Å². The van der Waals surface area contributed by atoms with Gasteiger partial charge >= 0.3 is 6.18 Å². The number of rotatable bonds is 1. The van der Waals surface area contributed by atoms with Gasteiger partial charge in [-0.3, -0.25) is 9.36 Å². The minimum atomic E-state index is -4.66. The molecule has 0 atom stereocenters. The fourth-order valence-corrected chi connectivity index (χ4v) is 2.81. The average Bonchev–Trinajstić information content (AvgIpc) is 2.85. The maximum Gasteiger partial charge on any atom is 0.431 e. The van der Waals surface area contributed by atoms with Crippen LogP contribution in [0, 0.1) is 0 Å². The standard InChI is InChI=1S/C16H10BrF3N2O/c17-11-3-1-2-9(6-11)15(23)22-13-5-4-12(21)7-10(13)8-14(22)16(18,19)20/h1-8H,21H2. The fourth-order valence-electron chi connectivity index (χ4n) is 2.41. The Hall–Kier alpha value is -2.28. The van der Waals surface area contributed by atoms with Crippen molar-refractivity contribution in [1.29, 1.82) is 0 Å². The van der Waals surface area contributed by atoms with Crippen molar-refractivity contribution in [2.75, 3.05) is 5.73 Å². The number of carbonyl (C=O) groups excluding carboxylic acids is 1. The first-order chi connectivity index (χ1) is 10.8. The molecule has 118 valence electrons. The number of nitrogens with two attached hydrogens (primary N) is 1. The summed E-state index contributed by atoms with van der Waals surface area (Å²) in [5.74, 6) is -0.751. The molecule has 0 spiro atoms. The van der Waals surface area contributed by atoms with Crippen LogP contribution in [0.5, 0.6) is 0 Å². The highest BCUT2D eigenvalue weighted by atomic mass is 79.9. The van der Waals surface area contributed by atoms with Gasteiger partial charge in [0.15, 0.2) is 0 Å². The lowest BCUT2D eigenvalue weighted by Crippen LogP contribution is -2.20. The first kappa shape index (κ1) is 15.6. The van der Waals surface area contributed by atoms with Gasteiger partial charge < -0.3 is 5.73 Å². The Balaban J connectivity index is 2.28. The number of alkyl halides is 3. The lowest BCUT2D eigenvalue weighted by Gasteiger charge is -2.12. The Bertz CT molecular complexity index is 915. The van der Waals surface area contributed by atoms with Crippen molar-refractivity contribution in [3.05, 3.63) is 64.3 Å². The summed E-state index contributed by atoms with van der Waals surface area (Å²) >= 11 is 3.21. The number of nitrogen functional groups attached to an aromatic ring is 1. The summed E-state index contributed by atoms with van der Waals surface area (Å²) in [7, 11) is 0. The van der Waals surface area contributed by atoms with E-state index in [0.717, 1.165) is 6.07 Å². The number of fused-ring (bicyclic) bond motifs is 1. The second-order valence-corrected chi connectivity index (χ2v) is 5.91. The van der Waals surface area contributed by atoms with E-state index in [1.807, 2.05) is 0 Å². The number of nitrogens with zero attached hydrogens (tertiary/aromatic N) is 1. The summed E-state index contributed by atoms with van der Waals surface area (Å²) in [6.07, 6.45) is -4.66. The number of anilines is 1. The molecule has 3 rings (SSSR count). The molecule has 0 radical (unpaired) electrons. The van der Waals surface area contributed by atoms with Crippen molar-refractivity contribution in [1.82, 2.24) is 4.57 Å². The fraction of sp³-hybridized carbons (Fsp3) is 0.0625. The molecule has 2 aromatic carbocycles. The largest absolute Gasteiger partial charge is 0.431 e. The third-order valence-electron chi connectivity index (χ3n) is 3.39. The molecule has 0 amide bonds. The molecule has 3 nitrogen and oxygen atoms in total. The van der Waals surface area contributed by atoms with Crippen LogP contribution in [0.2, 0.25) is 0 Å². The average molecular weight is 383 g/mol. The van der Waals surface area contributed by atoms with Crippen LogP contribution in [0.1, 0.15) is 16.1 Å². The van der Waals surface area contributed by atoms with Gasteiger partial charge in [0.2, 0.25) is 0 Å². The highest BCUT2D eigenvalue weighted by Gasteiger charge is 2.37. The van der Waals surface area contributed by atoms with Crippen LogP contribution in [0.3, 0.4) is 0 Å². The van der Waals surface area contributed by atoms with E-state index in [1.165, 1.54) is 30.3 Å². The predicted octanol–water partition coefficient (Wildman–Crippen LogP) is 4.69. The van der Waals surface area contributed by atoms with Crippen LogP contribution in [0.25, 0.3) is 10.9 Å². The van der Waals surface area contributed by atoms with Gasteiger partial charge in [-0.2, -0.15) is 13.2 Å². The number of aromatic nitrogens is 1. The molecule has 0 unspecified atom stereocenters. The second-order valence-electron chi connectivity index (χ2n) is 5.00. The summed E-state index contributed by atoms with van der Waals surface area (Å²) < 4.78 is 41.3. The van der Waals surface area contributed by atoms with E-state index in [9.17, 15) is 18.0 Å². The van der Waals surface area contributed by atoms with Gasteiger partial charge in [0.1, 0.15) is 5.69 Å². The van der Waals surface area contributed by atoms with Crippen molar-refractivity contribution in [2.45, 2.75) is 6.18 Å². The lowest BCUT2D eigenvalue weighted by atomic mass is 10.2. The van der Waals surface area contributed by atoms with Crippen molar-refractivity contribution in [3.63, 3.8) is 0 Å². The Morgan fingerprint density at radius 2 is 1.83 bits per heavy atom. The van der Waals surface area contributed by atoms with E-state index in [0.29, 0.717) is 14.7 Å². The molecule has 0 aliphatic heterocycles. The van der Waals surface area contributed by atoms with Gasteiger partial charge in [-0.1, -0.05) is 22.0 Å². The Morgan fingerprint density at radius 1 is 1.09 bits per heavy atom. The van der Waals surface area contributed by atoms with Crippen molar-refractivity contribution in [3.8, 4) is 0 Å². The van der Waals surface area contributed by atoms with Gasteiger partial charge in [-0.05, 0) is 42.5 Å².